The average molecular weight is 306 g/mol. The van der Waals surface area contributed by atoms with Crippen molar-refractivity contribution in [2.45, 2.75) is 38.6 Å². The van der Waals surface area contributed by atoms with E-state index in [2.05, 4.69) is 11.8 Å². The number of nitrogens with two attached hydrogens (primary N) is 1. The zero-order valence-corrected chi connectivity index (χ0v) is 13.2. The number of nitrogens with zero attached hydrogens (tertiary/aromatic N) is 1. The lowest BCUT2D eigenvalue weighted by Gasteiger charge is -2.27. The first kappa shape index (κ1) is 16.0. The van der Waals surface area contributed by atoms with Crippen LogP contribution >= 0.6 is 11.3 Å². The van der Waals surface area contributed by atoms with E-state index >= 15 is 0 Å². The van der Waals surface area contributed by atoms with E-state index in [0.29, 0.717) is 18.0 Å². The molecular formula is C16H22N2O2S. The van der Waals surface area contributed by atoms with E-state index < -0.39 is 0 Å². The summed E-state index contributed by atoms with van der Waals surface area (Å²) in [6.07, 6.45) is 4.40. The van der Waals surface area contributed by atoms with Crippen LogP contribution in [0.5, 0.6) is 0 Å². The highest BCUT2D eigenvalue weighted by Gasteiger charge is 2.28. The normalized spacial score (nSPS) is 14.8. The third kappa shape index (κ3) is 3.85. The molecule has 1 aromatic heterocycles. The minimum absolute atomic E-state index is 0.00638. The van der Waals surface area contributed by atoms with Crippen LogP contribution in [0.1, 0.15) is 45.8 Å². The van der Waals surface area contributed by atoms with E-state index in [-0.39, 0.29) is 18.6 Å². The summed E-state index contributed by atoms with van der Waals surface area (Å²) in [4.78, 5) is 16.2. The lowest BCUT2D eigenvalue weighted by atomic mass is 10.2. The van der Waals surface area contributed by atoms with Crippen LogP contribution in [0.25, 0.3) is 0 Å². The van der Waals surface area contributed by atoms with Crippen LogP contribution in [0.2, 0.25) is 0 Å². The molecule has 1 amide bonds. The average Bonchev–Trinajstić information content (AvgIpc) is 3.11. The maximum absolute atomic E-state index is 12.7. The number of carbonyl (C=O) groups is 1. The number of hydrogen-bond donors (Lipinski definition) is 2. The summed E-state index contributed by atoms with van der Waals surface area (Å²) in [5, 5.41) is 9.24. The molecule has 114 valence electrons. The highest BCUT2D eigenvalue weighted by Crippen LogP contribution is 2.28. The molecule has 1 fully saturated rings. The molecule has 0 spiro atoms. The van der Waals surface area contributed by atoms with E-state index in [1.54, 1.807) is 0 Å². The van der Waals surface area contributed by atoms with Crippen molar-refractivity contribution in [1.29, 1.82) is 0 Å². The number of hydrogen-bond acceptors (Lipinski definition) is 4. The van der Waals surface area contributed by atoms with Gasteiger partial charge in [-0.1, -0.05) is 24.7 Å². The molecule has 1 aliphatic carbocycles. The van der Waals surface area contributed by atoms with Gasteiger partial charge in [0.1, 0.15) is 0 Å². The number of carbonyl (C=O) groups excluding carboxylic acids is 1. The number of aliphatic hydroxyl groups is 1. The van der Waals surface area contributed by atoms with Crippen molar-refractivity contribution in [3.05, 3.63) is 21.4 Å². The predicted octanol–water partition coefficient (Wildman–Crippen LogP) is 1.74. The second kappa shape index (κ2) is 7.60. The minimum atomic E-state index is 0.00638. The maximum Gasteiger partial charge on any atom is 0.264 e. The molecule has 0 aliphatic heterocycles. The van der Waals surface area contributed by atoms with E-state index in [1.165, 1.54) is 11.3 Å². The van der Waals surface area contributed by atoms with Crippen molar-refractivity contribution >= 4 is 17.2 Å². The highest BCUT2D eigenvalue weighted by atomic mass is 32.1. The molecule has 0 radical (unpaired) electrons. The van der Waals surface area contributed by atoms with Crippen LogP contribution in [-0.2, 0) is 0 Å². The summed E-state index contributed by atoms with van der Waals surface area (Å²) in [5.41, 5.74) is 6.41. The molecule has 2 rings (SSSR count). The predicted molar refractivity (Wildman–Crippen MR) is 85.4 cm³/mol. The molecular weight excluding hydrogens is 284 g/mol. The van der Waals surface area contributed by atoms with Gasteiger partial charge in [-0.05, 0) is 31.4 Å². The van der Waals surface area contributed by atoms with Crippen molar-refractivity contribution in [3.8, 4) is 11.8 Å². The zero-order chi connectivity index (χ0) is 15.2. The van der Waals surface area contributed by atoms with E-state index in [9.17, 15) is 9.90 Å². The fourth-order valence-electron chi connectivity index (χ4n) is 2.76. The summed E-state index contributed by atoms with van der Waals surface area (Å²) in [7, 11) is 0. The molecule has 0 bridgehead atoms. The molecule has 21 heavy (non-hydrogen) atoms. The van der Waals surface area contributed by atoms with Crippen molar-refractivity contribution < 1.29 is 9.90 Å². The lowest BCUT2D eigenvalue weighted by molar-refractivity contribution is 0.0643. The Morgan fingerprint density at radius 3 is 2.86 bits per heavy atom. The number of rotatable bonds is 4. The molecule has 4 nitrogen and oxygen atoms in total. The van der Waals surface area contributed by atoms with Gasteiger partial charge in [-0.15, -0.1) is 11.3 Å². The van der Waals surface area contributed by atoms with Gasteiger partial charge in [0.2, 0.25) is 0 Å². The summed E-state index contributed by atoms with van der Waals surface area (Å²) in [6, 6.07) is 2.16. The third-order valence-corrected chi connectivity index (χ3v) is 4.94. The van der Waals surface area contributed by atoms with Crippen molar-refractivity contribution in [3.63, 3.8) is 0 Å². The lowest BCUT2D eigenvalue weighted by Crippen LogP contribution is -2.40. The first-order valence-electron chi connectivity index (χ1n) is 7.38. The highest BCUT2D eigenvalue weighted by molar-refractivity contribution is 7.14. The number of thiophene rings is 1. The SMILES string of the molecule is Cc1cc(C(=O)N(CCO)C2CCCC2)sc1C#CCN. The van der Waals surface area contributed by atoms with Gasteiger partial charge in [0.25, 0.3) is 5.91 Å². The Morgan fingerprint density at radius 2 is 2.24 bits per heavy atom. The first-order valence-corrected chi connectivity index (χ1v) is 8.20. The Morgan fingerprint density at radius 1 is 1.52 bits per heavy atom. The molecule has 5 heteroatoms. The molecule has 1 saturated carbocycles. The number of aryl methyl sites for hydroxylation is 1. The zero-order valence-electron chi connectivity index (χ0n) is 12.4. The molecule has 0 unspecified atom stereocenters. The molecule has 0 atom stereocenters. The quantitative estimate of drug-likeness (QED) is 0.833. The Bertz CT molecular complexity index is 550. The van der Waals surface area contributed by atoms with Gasteiger partial charge in [0.05, 0.1) is 22.9 Å². The Kier molecular flexibility index (Phi) is 5.80. The van der Waals surface area contributed by atoms with Gasteiger partial charge in [0.15, 0.2) is 0 Å². The molecule has 0 aromatic carbocycles. The van der Waals surface area contributed by atoms with E-state index in [1.807, 2.05) is 17.9 Å². The summed E-state index contributed by atoms with van der Waals surface area (Å²) >= 11 is 1.42. The van der Waals surface area contributed by atoms with Gasteiger partial charge in [-0.25, -0.2) is 0 Å². The van der Waals surface area contributed by atoms with Crippen LogP contribution in [0.15, 0.2) is 6.07 Å². The summed E-state index contributed by atoms with van der Waals surface area (Å²) in [6.45, 7) is 2.69. The fraction of sp³-hybridized carbons (Fsp3) is 0.562. The summed E-state index contributed by atoms with van der Waals surface area (Å²) < 4.78 is 0. The molecule has 1 aromatic rings. The largest absolute Gasteiger partial charge is 0.395 e. The topological polar surface area (TPSA) is 66.6 Å². The standard InChI is InChI=1S/C16H22N2O2S/c1-12-11-15(21-14(12)7-4-8-17)16(20)18(9-10-19)13-5-2-3-6-13/h11,13,19H,2-3,5-6,8-10,17H2,1H3. The molecule has 3 N–H and O–H groups in total. The van der Waals surface area contributed by atoms with Crippen molar-refractivity contribution in [1.82, 2.24) is 4.90 Å². The smallest absolute Gasteiger partial charge is 0.264 e. The van der Waals surface area contributed by atoms with Crippen LogP contribution in [0.4, 0.5) is 0 Å². The van der Waals surface area contributed by atoms with Crippen molar-refractivity contribution in [2.75, 3.05) is 19.7 Å². The number of aliphatic hydroxyl groups excluding tert-OH is 1. The van der Waals surface area contributed by atoms with Crippen LogP contribution in [-0.4, -0.2) is 41.7 Å². The second-order valence-electron chi connectivity index (χ2n) is 5.29. The van der Waals surface area contributed by atoms with Crippen LogP contribution in [0.3, 0.4) is 0 Å². The van der Waals surface area contributed by atoms with Gasteiger partial charge >= 0.3 is 0 Å². The fourth-order valence-corrected chi connectivity index (χ4v) is 3.76. The molecule has 0 saturated heterocycles. The van der Waals surface area contributed by atoms with Crippen molar-refractivity contribution in [2.24, 2.45) is 5.73 Å². The maximum atomic E-state index is 12.7. The Balaban J connectivity index is 2.20. The summed E-state index contributed by atoms with van der Waals surface area (Å²) in [5.74, 6) is 5.86. The second-order valence-corrected chi connectivity index (χ2v) is 6.34. The Labute approximate surface area is 129 Å². The first-order chi connectivity index (χ1) is 10.2. The monoisotopic (exact) mass is 306 g/mol. The Hall–Kier alpha value is -1.35. The van der Waals surface area contributed by atoms with Gasteiger partial charge in [-0.3, -0.25) is 4.79 Å². The van der Waals surface area contributed by atoms with Crippen LogP contribution < -0.4 is 5.73 Å². The molecule has 1 aliphatic rings. The minimum Gasteiger partial charge on any atom is -0.395 e. The van der Waals surface area contributed by atoms with Gasteiger partial charge < -0.3 is 15.7 Å². The number of amides is 1. The van der Waals surface area contributed by atoms with E-state index in [0.717, 1.165) is 36.1 Å². The van der Waals surface area contributed by atoms with Gasteiger partial charge in [-0.2, -0.15) is 0 Å². The van der Waals surface area contributed by atoms with Crippen LogP contribution in [0, 0.1) is 18.8 Å². The van der Waals surface area contributed by atoms with Gasteiger partial charge in [0, 0.05) is 12.6 Å². The molecule has 1 heterocycles. The third-order valence-electron chi connectivity index (χ3n) is 3.80. The van der Waals surface area contributed by atoms with E-state index in [4.69, 9.17) is 5.73 Å².